The molecule has 0 aromatic heterocycles. The minimum absolute atomic E-state index is 0.0927. The lowest BCUT2D eigenvalue weighted by atomic mass is 9.65. The molecule has 0 N–H and O–H groups in total. The van der Waals surface area contributed by atoms with E-state index in [1.165, 1.54) is 0 Å². The zero-order valence-corrected chi connectivity index (χ0v) is 8.45. The van der Waals surface area contributed by atoms with Gasteiger partial charge in [0.2, 0.25) is 0 Å². The van der Waals surface area contributed by atoms with E-state index in [4.69, 9.17) is 14.2 Å². The van der Waals surface area contributed by atoms with Crippen molar-refractivity contribution in [1.29, 1.82) is 0 Å². The highest BCUT2D eigenvalue weighted by Gasteiger charge is 2.50. The van der Waals surface area contributed by atoms with Crippen LogP contribution in [0.1, 0.15) is 19.8 Å². The molecule has 1 heterocycles. The van der Waals surface area contributed by atoms with E-state index in [2.05, 4.69) is 0 Å². The van der Waals surface area contributed by atoms with Crippen molar-refractivity contribution >= 4 is 5.97 Å². The fourth-order valence-corrected chi connectivity index (χ4v) is 2.04. The maximum Gasteiger partial charge on any atom is 0.332 e. The summed E-state index contributed by atoms with van der Waals surface area (Å²) in [6, 6.07) is 0. The number of rotatable bonds is 4. The number of hydrogen-bond acceptors (Lipinski definition) is 4. The van der Waals surface area contributed by atoms with Crippen molar-refractivity contribution in [2.75, 3.05) is 26.4 Å². The molecule has 80 valence electrons. The van der Waals surface area contributed by atoms with E-state index in [9.17, 15) is 4.79 Å². The van der Waals surface area contributed by atoms with Gasteiger partial charge in [-0.15, -0.1) is 0 Å². The van der Waals surface area contributed by atoms with Gasteiger partial charge in [0.15, 0.2) is 0 Å². The molecule has 0 unspecified atom stereocenters. The lowest BCUT2D eigenvalue weighted by Gasteiger charge is -2.52. The maximum absolute atomic E-state index is 11.0. The molecule has 14 heavy (non-hydrogen) atoms. The van der Waals surface area contributed by atoms with E-state index in [0.29, 0.717) is 12.0 Å². The molecule has 2 aliphatic rings. The normalized spacial score (nSPS) is 24.1. The van der Waals surface area contributed by atoms with Crippen molar-refractivity contribution in [3.05, 3.63) is 0 Å². The van der Waals surface area contributed by atoms with Gasteiger partial charge in [-0.2, -0.15) is 0 Å². The number of hydrogen-bond donors (Lipinski definition) is 0. The molecule has 0 amide bonds. The second kappa shape index (κ2) is 3.87. The highest BCUT2D eigenvalue weighted by molar-refractivity contribution is 5.70. The second-order valence-corrected chi connectivity index (χ2v) is 4.14. The summed E-state index contributed by atoms with van der Waals surface area (Å²) in [5, 5.41) is 0. The van der Waals surface area contributed by atoms with Gasteiger partial charge in [0, 0.05) is 5.41 Å². The Labute approximate surface area is 83.5 Å². The second-order valence-electron chi connectivity index (χ2n) is 4.14. The molecule has 4 heteroatoms. The molecular formula is C10H16O4. The van der Waals surface area contributed by atoms with Gasteiger partial charge in [-0.25, -0.2) is 4.79 Å². The largest absolute Gasteiger partial charge is 0.464 e. The van der Waals surface area contributed by atoms with E-state index in [-0.39, 0.29) is 18.7 Å². The molecule has 1 spiro atoms. The molecule has 1 aliphatic carbocycles. The average Bonchev–Trinajstić information content (AvgIpc) is 1.99. The maximum atomic E-state index is 11.0. The fourth-order valence-electron chi connectivity index (χ4n) is 2.04. The van der Waals surface area contributed by atoms with Crippen molar-refractivity contribution in [3.8, 4) is 0 Å². The predicted octanol–water partition coefficient (Wildman–Crippen LogP) is 0.745. The Balaban J connectivity index is 1.57. The van der Waals surface area contributed by atoms with Crippen molar-refractivity contribution in [2.24, 2.45) is 5.41 Å². The first kappa shape index (κ1) is 9.93. The van der Waals surface area contributed by atoms with Crippen molar-refractivity contribution in [1.82, 2.24) is 0 Å². The summed E-state index contributed by atoms with van der Waals surface area (Å²) < 4.78 is 15.3. The van der Waals surface area contributed by atoms with Gasteiger partial charge in [0.25, 0.3) is 0 Å². The Bertz CT molecular complexity index is 214. The van der Waals surface area contributed by atoms with Crippen LogP contribution in [0.4, 0.5) is 0 Å². The summed E-state index contributed by atoms with van der Waals surface area (Å²) in [4.78, 5) is 11.0. The number of ether oxygens (including phenoxy) is 3. The first-order valence-corrected chi connectivity index (χ1v) is 5.09. The van der Waals surface area contributed by atoms with Crippen molar-refractivity contribution in [2.45, 2.75) is 25.9 Å². The highest BCUT2D eigenvalue weighted by Crippen LogP contribution is 2.48. The van der Waals surface area contributed by atoms with Gasteiger partial charge >= 0.3 is 5.97 Å². The smallest absolute Gasteiger partial charge is 0.332 e. The van der Waals surface area contributed by atoms with Crippen LogP contribution in [0.5, 0.6) is 0 Å². The Kier molecular flexibility index (Phi) is 2.74. The molecule has 1 saturated carbocycles. The minimum atomic E-state index is -0.265. The van der Waals surface area contributed by atoms with E-state index in [0.717, 1.165) is 26.1 Å². The molecule has 1 aliphatic heterocycles. The zero-order chi connectivity index (χ0) is 10.0. The summed E-state index contributed by atoms with van der Waals surface area (Å²) in [7, 11) is 0. The molecule has 2 fully saturated rings. The third-order valence-electron chi connectivity index (χ3n) is 2.88. The molecule has 0 aromatic rings. The fraction of sp³-hybridized carbons (Fsp3) is 0.900. The Morgan fingerprint density at radius 1 is 1.50 bits per heavy atom. The standard InChI is InChI=1S/C10H16O4/c1-2-13-9(11)5-14-8-3-10(4-8)6-12-7-10/h8H,2-7H2,1H3. The van der Waals surface area contributed by atoms with Crippen molar-refractivity contribution in [3.63, 3.8) is 0 Å². The highest BCUT2D eigenvalue weighted by atomic mass is 16.6. The van der Waals surface area contributed by atoms with Crippen LogP contribution in [-0.4, -0.2) is 38.5 Å². The van der Waals surface area contributed by atoms with Crippen molar-refractivity contribution < 1.29 is 19.0 Å². The van der Waals surface area contributed by atoms with Gasteiger partial charge in [-0.3, -0.25) is 0 Å². The monoisotopic (exact) mass is 200 g/mol. The topological polar surface area (TPSA) is 44.8 Å². The average molecular weight is 200 g/mol. The van der Waals surface area contributed by atoms with Gasteiger partial charge in [0.1, 0.15) is 6.61 Å². The number of esters is 1. The van der Waals surface area contributed by atoms with Gasteiger partial charge in [-0.1, -0.05) is 0 Å². The third kappa shape index (κ3) is 1.91. The molecular weight excluding hydrogens is 184 g/mol. The van der Waals surface area contributed by atoms with Gasteiger partial charge < -0.3 is 14.2 Å². The summed E-state index contributed by atoms with van der Waals surface area (Å²) in [5.41, 5.74) is 0.402. The Morgan fingerprint density at radius 3 is 2.71 bits per heavy atom. The minimum Gasteiger partial charge on any atom is -0.464 e. The lowest BCUT2D eigenvalue weighted by Crippen LogP contribution is -2.55. The third-order valence-corrected chi connectivity index (χ3v) is 2.88. The molecule has 0 radical (unpaired) electrons. The summed E-state index contributed by atoms with van der Waals surface area (Å²) >= 11 is 0. The zero-order valence-electron chi connectivity index (χ0n) is 8.45. The van der Waals surface area contributed by atoms with E-state index in [1.54, 1.807) is 6.92 Å². The van der Waals surface area contributed by atoms with Crippen LogP contribution in [0, 0.1) is 5.41 Å². The van der Waals surface area contributed by atoms with E-state index >= 15 is 0 Å². The molecule has 2 rings (SSSR count). The number of carbonyl (C=O) groups excluding carboxylic acids is 1. The molecule has 4 nitrogen and oxygen atoms in total. The summed E-state index contributed by atoms with van der Waals surface area (Å²) in [6.07, 6.45) is 2.31. The van der Waals surface area contributed by atoms with Crippen LogP contribution in [0.15, 0.2) is 0 Å². The van der Waals surface area contributed by atoms with Crippen LogP contribution in [0.3, 0.4) is 0 Å². The molecule has 1 saturated heterocycles. The molecule has 0 bridgehead atoms. The van der Waals surface area contributed by atoms with E-state index in [1.807, 2.05) is 0 Å². The lowest BCUT2D eigenvalue weighted by molar-refractivity contribution is -0.212. The summed E-state index contributed by atoms with van der Waals surface area (Å²) in [5.74, 6) is -0.265. The first-order chi connectivity index (χ1) is 6.74. The van der Waals surface area contributed by atoms with Crippen LogP contribution in [-0.2, 0) is 19.0 Å². The number of carbonyl (C=O) groups is 1. The SMILES string of the molecule is CCOC(=O)COC1CC2(COC2)C1. The Morgan fingerprint density at radius 2 is 2.21 bits per heavy atom. The molecule has 0 aromatic carbocycles. The quantitative estimate of drug-likeness (QED) is 0.628. The van der Waals surface area contributed by atoms with Crippen LogP contribution in [0.25, 0.3) is 0 Å². The van der Waals surface area contributed by atoms with Gasteiger partial charge in [0.05, 0.1) is 25.9 Å². The predicted molar refractivity (Wildman–Crippen MR) is 48.9 cm³/mol. The van der Waals surface area contributed by atoms with E-state index < -0.39 is 0 Å². The summed E-state index contributed by atoms with van der Waals surface area (Å²) in [6.45, 7) is 4.04. The molecule has 0 atom stereocenters. The van der Waals surface area contributed by atoms with Gasteiger partial charge in [-0.05, 0) is 19.8 Å². The first-order valence-electron chi connectivity index (χ1n) is 5.09. The Hall–Kier alpha value is -0.610. The van der Waals surface area contributed by atoms with Crippen LogP contribution in [0.2, 0.25) is 0 Å². The van der Waals surface area contributed by atoms with Crippen LogP contribution < -0.4 is 0 Å². The van der Waals surface area contributed by atoms with Crippen LogP contribution >= 0.6 is 0 Å².